The van der Waals surface area contributed by atoms with Crippen molar-refractivity contribution in [3.05, 3.63) is 50.1 Å². The molecular weight excluding hydrogens is 248 g/mol. The summed E-state index contributed by atoms with van der Waals surface area (Å²) in [5, 5.41) is 18.8. The minimum absolute atomic E-state index is 0.109. The van der Waals surface area contributed by atoms with E-state index in [2.05, 4.69) is 15.9 Å². The van der Waals surface area contributed by atoms with Crippen LogP contribution in [0.15, 0.2) is 28.9 Å². The van der Waals surface area contributed by atoms with Crippen LogP contribution in [0.25, 0.3) is 6.08 Å². The molecule has 0 amide bonds. The highest BCUT2D eigenvalue weighted by Gasteiger charge is 2.03. The molecule has 0 spiro atoms. The zero-order valence-corrected chi connectivity index (χ0v) is 8.56. The van der Waals surface area contributed by atoms with Crippen molar-refractivity contribution < 1.29 is 4.92 Å². The lowest BCUT2D eigenvalue weighted by molar-refractivity contribution is -0.407. The zero-order chi connectivity index (χ0) is 10.6. The van der Waals surface area contributed by atoms with Crippen molar-refractivity contribution in [1.82, 2.24) is 0 Å². The van der Waals surface area contributed by atoms with Crippen LogP contribution in [0.4, 0.5) is 0 Å². The molecule has 0 heterocycles. The summed E-state index contributed by atoms with van der Waals surface area (Å²) >= 11 is 2.81. The lowest BCUT2D eigenvalue weighted by Gasteiger charge is -1.92. The standard InChI is InChI=1S/C9H5BrN2O2/c10-9(12(13)14)5-7-1-3-8(6-11)4-2-7/h1-5H/b9-5+. The van der Waals surface area contributed by atoms with Crippen molar-refractivity contribution in [1.29, 1.82) is 5.26 Å². The van der Waals surface area contributed by atoms with Crippen molar-refractivity contribution >= 4 is 22.0 Å². The fraction of sp³-hybridized carbons (Fsp3) is 0. The van der Waals surface area contributed by atoms with E-state index in [0.29, 0.717) is 11.1 Å². The van der Waals surface area contributed by atoms with Crippen molar-refractivity contribution in [3.63, 3.8) is 0 Å². The van der Waals surface area contributed by atoms with Gasteiger partial charge in [-0.25, -0.2) is 0 Å². The van der Waals surface area contributed by atoms with Crippen molar-refractivity contribution in [2.75, 3.05) is 0 Å². The molecule has 0 saturated carbocycles. The molecule has 1 aromatic rings. The fourth-order valence-electron chi connectivity index (χ4n) is 0.844. The lowest BCUT2D eigenvalue weighted by atomic mass is 10.1. The van der Waals surface area contributed by atoms with E-state index in [0.717, 1.165) is 0 Å². The minimum Gasteiger partial charge on any atom is -0.258 e. The molecule has 0 fully saturated rings. The smallest absolute Gasteiger partial charge is 0.258 e. The molecule has 5 heteroatoms. The van der Waals surface area contributed by atoms with E-state index in [4.69, 9.17) is 5.26 Å². The van der Waals surface area contributed by atoms with E-state index >= 15 is 0 Å². The van der Waals surface area contributed by atoms with Crippen LogP contribution in [-0.2, 0) is 0 Å². The van der Waals surface area contributed by atoms with Gasteiger partial charge in [-0.2, -0.15) is 5.26 Å². The summed E-state index contributed by atoms with van der Waals surface area (Å²) < 4.78 is -0.109. The number of benzene rings is 1. The van der Waals surface area contributed by atoms with E-state index in [9.17, 15) is 10.1 Å². The Morgan fingerprint density at radius 2 is 2.07 bits per heavy atom. The first-order chi connectivity index (χ1) is 6.63. The van der Waals surface area contributed by atoms with Gasteiger partial charge in [0.1, 0.15) is 0 Å². The third-order valence-corrected chi connectivity index (χ3v) is 2.02. The maximum absolute atomic E-state index is 10.3. The molecule has 70 valence electrons. The Kier molecular flexibility index (Phi) is 3.37. The molecule has 0 aromatic heterocycles. The molecule has 1 aromatic carbocycles. The molecule has 4 nitrogen and oxygen atoms in total. The van der Waals surface area contributed by atoms with Crippen molar-refractivity contribution in [2.24, 2.45) is 0 Å². The average Bonchev–Trinajstić information content (AvgIpc) is 2.19. The maximum Gasteiger partial charge on any atom is 0.311 e. The minimum atomic E-state index is -0.530. The Morgan fingerprint density at radius 1 is 1.50 bits per heavy atom. The summed E-state index contributed by atoms with van der Waals surface area (Å²) in [6.45, 7) is 0. The third kappa shape index (κ3) is 2.68. The van der Waals surface area contributed by atoms with E-state index in [1.165, 1.54) is 6.08 Å². The monoisotopic (exact) mass is 252 g/mol. The van der Waals surface area contributed by atoms with E-state index < -0.39 is 4.92 Å². The van der Waals surface area contributed by atoms with Gasteiger partial charge in [-0.1, -0.05) is 12.1 Å². The highest BCUT2D eigenvalue weighted by molar-refractivity contribution is 9.11. The molecule has 0 N–H and O–H groups in total. The van der Waals surface area contributed by atoms with Gasteiger partial charge in [-0.3, -0.25) is 10.1 Å². The summed E-state index contributed by atoms with van der Waals surface area (Å²) in [4.78, 5) is 9.74. The maximum atomic E-state index is 10.3. The summed E-state index contributed by atoms with van der Waals surface area (Å²) in [5.41, 5.74) is 1.20. The fourth-order valence-corrected chi connectivity index (χ4v) is 1.11. The molecule has 0 radical (unpaired) electrons. The topological polar surface area (TPSA) is 66.9 Å². The summed E-state index contributed by atoms with van der Waals surface area (Å²) in [7, 11) is 0. The second-order valence-corrected chi connectivity index (χ2v) is 3.27. The Labute approximate surface area is 88.7 Å². The SMILES string of the molecule is N#Cc1ccc(/C=C(\Br)[N+](=O)[O-])cc1. The van der Waals surface area contributed by atoms with Crippen LogP contribution in [-0.4, -0.2) is 4.92 Å². The van der Waals surface area contributed by atoms with Gasteiger partial charge in [-0.15, -0.1) is 0 Å². The summed E-state index contributed by atoms with van der Waals surface area (Å²) in [6.07, 6.45) is 1.38. The van der Waals surface area contributed by atoms with E-state index in [1.54, 1.807) is 24.3 Å². The molecule has 0 unspecified atom stereocenters. The summed E-state index contributed by atoms with van der Waals surface area (Å²) in [6, 6.07) is 8.45. The van der Waals surface area contributed by atoms with Crippen molar-refractivity contribution in [3.8, 4) is 6.07 Å². The Bertz CT molecular complexity index is 417. The van der Waals surface area contributed by atoms with Crippen LogP contribution < -0.4 is 0 Å². The Morgan fingerprint density at radius 3 is 2.50 bits per heavy atom. The lowest BCUT2D eigenvalue weighted by Crippen LogP contribution is -1.89. The normalized spacial score (nSPS) is 10.7. The average molecular weight is 253 g/mol. The number of rotatable bonds is 2. The van der Waals surface area contributed by atoms with Gasteiger partial charge in [0, 0.05) is 22.0 Å². The van der Waals surface area contributed by atoms with Crippen molar-refractivity contribution in [2.45, 2.75) is 0 Å². The Hall–Kier alpha value is -1.67. The second kappa shape index (κ2) is 4.53. The number of halogens is 1. The molecule has 0 saturated heterocycles. The first kappa shape index (κ1) is 10.4. The molecule has 1 rings (SSSR count). The second-order valence-electron chi connectivity index (χ2n) is 2.46. The largest absolute Gasteiger partial charge is 0.311 e. The van der Waals surface area contributed by atoms with Gasteiger partial charge >= 0.3 is 4.61 Å². The predicted molar refractivity (Wildman–Crippen MR) is 55.1 cm³/mol. The van der Waals surface area contributed by atoms with Gasteiger partial charge in [0.25, 0.3) is 0 Å². The van der Waals surface area contributed by atoms with Gasteiger partial charge in [0.2, 0.25) is 0 Å². The van der Waals surface area contributed by atoms with Gasteiger partial charge in [0.15, 0.2) is 0 Å². The number of nitrogens with zero attached hydrogens (tertiary/aromatic N) is 2. The third-order valence-electron chi connectivity index (χ3n) is 1.50. The quantitative estimate of drug-likeness (QED) is 0.462. The number of hydrogen-bond acceptors (Lipinski definition) is 3. The summed E-state index contributed by atoms with van der Waals surface area (Å²) in [5.74, 6) is 0. The highest BCUT2D eigenvalue weighted by Crippen LogP contribution is 2.13. The van der Waals surface area contributed by atoms with Crippen LogP contribution in [0.2, 0.25) is 0 Å². The number of nitro groups is 1. The molecule has 0 aliphatic rings. The van der Waals surface area contributed by atoms with Crippen LogP contribution in [0.5, 0.6) is 0 Å². The van der Waals surface area contributed by atoms with Gasteiger partial charge in [-0.05, 0) is 17.7 Å². The first-order valence-corrected chi connectivity index (χ1v) is 4.44. The molecule has 14 heavy (non-hydrogen) atoms. The molecule has 0 aliphatic heterocycles. The molecule has 0 bridgehead atoms. The van der Waals surface area contributed by atoms with Gasteiger partial charge in [0.05, 0.1) is 16.6 Å². The number of hydrogen-bond donors (Lipinski definition) is 0. The predicted octanol–water partition coefficient (Wildman–Crippen LogP) is 2.53. The molecular formula is C9H5BrN2O2. The Balaban J connectivity index is 2.95. The van der Waals surface area contributed by atoms with Crippen LogP contribution in [0.1, 0.15) is 11.1 Å². The zero-order valence-electron chi connectivity index (χ0n) is 6.98. The van der Waals surface area contributed by atoms with Crippen LogP contribution in [0.3, 0.4) is 0 Å². The van der Waals surface area contributed by atoms with E-state index in [1.807, 2.05) is 6.07 Å². The number of nitriles is 1. The molecule has 0 aliphatic carbocycles. The highest BCUT2D eigenvalue weighted by atomic mass is 79.9. The van der Waals surface area contributed by atoms with Gasteiger partial charge < -0.3 is 0 Å². The van der Waals surface area contributed by atoms with Crippen LogP contribution >= 0.6 is 15.9 Å². The first-order valence-electron chi connectivity index (χ1n) is 3.65. The van der Waals surface area contributed by atoms with E-state index in [-0.39, 0.29) is 4.61 Å². The molecule has 0 atom stereocenters. The van der Waals surface area contributed by atoms with Crippen LogP contribution in [0, 0.1) is 21.4 Å².